The Labute approximate surface area is 175 Å². The SMILES string of the molecule is CO[C@@H]1O[C@@H]2COC(c3ccccc3)O[C@H]2[C@H](OS(=O)(=O)c2ccc(C)cc2)[C@H]1O. The summed E-state index contributed by atoms with van der Waals surface area (Å²) in [6.07, 6.45) is -6.00. The second-order valence-corrected chi connectivity index (χ2v) is 8.85. The first-order valence-electron chi connectivity index (χ1n) is 9.57. The molecule has 2 aliphatic rings. The van der Waals surface area contributed by atoms with Crippen molar-refractivity contribution in [1.29, 1.82) is 0 Å². The third-order valence-corrected chi connectivity index (χ3v) is 6.48. The van der Waals surface area contributed by atoms with Crippen molar-refractivity contribution in [3.05, 3.63) is 65.7 Å². The van der Waals surface area contributed by atoms with Gasteiger partial charge < -0.3 is 24.1 Å². The second kappa shape index (κ2) is 8.72. The molecule has 2 fully saturated rings. The van der Waals surface area contributed by atoms with Crippen molar-refractivity contribution < 1.29 is 36.7 Å². The monoisotopic (exact) mass is 436 g/mol. The molecule has 8 nitrogen and oxygen atoms in total. The maximum absolute atomic E-state index is 12.9. The van der Waals surface area contributed by atoms with Crippen LogP contribution < -0.4 is 0 Å². The molecule has 0 spiro atoms. The van der Waals surface area contributed by atoms with E-state index < -0.39 is 47.1 Å². The van der Waals surface area contributed by atoms with E-state index in [1.165, 1.54) is 19.2 Å². The standard InChI is InChI=1S/C21H24O8S/c1-13-8-10-15(11-9-13)30(23,24)29-19-17(22)21(25-2)27-16-12-26-20(28-18(16)19)14-6-4-3-5-7-14/h3-11,16-22H,12H2,1-2H3/t16-,17-,18-,19-,20?,21-/m1/s1. The van der Waals surface area contributed by atoms with E-state index in [4.69, 9.17) is 23.1 Å². The molecule has 0 saturated carbocycles. The van der Waals surface area contributed by atoms with Crippen LogP contribution in [-0.2, 0) is 33.2 Å². The van der Waals surface area contributed by atoms with Gasteiger partial charge in [-0.15, -0.1) is 0 Å². The Morgan fingerprint density at radius 3 is 2.40 bits per heavy atom. The van der Waals surface area contributed by atoms with Crippen LogP contribution in [0.4, 0.5) is 0 Å². The topological polar surface area (TPSA) is 101 Å². The van der Waals surface area contributed by atoms with Gasteiger partial charge >= 0.3 is 0 Å². The lowest BCUT2D eigenvalue weighted by molar-refractivity contribution is -0.354. The Morgan fingerprint density at radius 2 is 1.73 bits per heavy atom. The van der Waals surface area contributed by atoms with Gasteiger partial charge in [-0.2, -0.15) is 8.42 Å². The van der Waals surface area contributed by atoms with Crippen LogP contribution in [0, 0.1) is 6.92 Å². The number of fused-ring (bicyclic) bond motifs is 1. The van der Waals surface area contributed by atoms with E-state index in [9.17, 15) is 13.5 Å². The quantitative estimate of drug-likeness (QED) is 0.710. The van der Waals surface area contributed by atoms with Crippen molar-refractivity contribution in [3.63, 3.8) is 0 Å². The van der Waals surface area contributed by atoms with Crippen LogP contribution in [0.2, 0.25) is 0 Å². The number of hydrogen-bond donors (Lipinski definition) is 1. The highest BCUT2D eigenvalue weighted by Gasteiger charge is 2.52. The lowest BCUT2D eigenvalue weighted by atomic mass is 9.98. The maximum atomic E-state index is 12.9. The van der Waals surface area contributed by atoms with Gasteiger partial charge in [-0.25, -0.2) is 0 Å². The zero-order valence-corrected chi connectivity index (χ0v) is 17.4. The predicted octanol–water partition coefficient (Wildman–Crippen LogP) is 1.92. The van der Waals surface area contributed by atoms with Gasteiger partial charge in [0.2, 0.25) is 0 Å². The highest BCUT2D eigenvalue weighted by molar-refractivity contribution is 7.86. The van der Waals surface area contributed by atoms with Crippen LogP contribution in [0.25, 0.3) is 0 Å². The van der Waals surface area contributed by atoms with E-state index in [2.05, 4.69) is 0 Å². The van der Waals surface area contributed by atoms with Gasteiger partial charge in [0.15, 0.2) is 12.6 Å². The summed E-state index contributed by atoms with van der Waals surface area (Å²) in [4.78, 5) is -0.0102. The van der Waals surface area contributed by atoms with Gasteiger partial charge in [-0.3, -0.25) is 4.18 Å². The number of aliphatic hydroxyl groups is 1. The zero-order chi connectivity index (χ0) is 21.3. The van der Waals surface area contributed by atoms with Crippen molar-refractivity contribution in [2.24, 2.45) is 0 Å². The third-order valence-electron chi connectivity index (χ3n) is 5.16. The van der Waals surface area contributed by atoms with Crippen LogP contribution in [-0.4, -0.2) is 57.9 Å². The van der Waals surface area contributed by atoms with Gasteiger partial charge in [0.1, 0.15) is 24.4 Å². The van der Waals surface area contributed by atoms with Crippen LogP contribution in [0.15, 0.2) is 59.5 Å². The third kappa shape index (κ3) is 4.28. The molecule has 0 amide bonds. The summed E-state index contributed by atoms with van der Waals surface area (Å²) in [5.41, 5.74) is 1.68. The van der Waals surface area contributed by atoms with Crippen LogP contribution in [0.3, 0.4) is 0 Å². The van der Waals surface area contributed by atoms with E-state index in [0.29, 0.717) is 0 Å². The van der Waals surface area contributed by atoms with Crippen LogP contribution >= 0.6 is 0 Å². The van der Waals surface area contributed by atoms with Crippen LogP contribution in [0.1, 0.15) is 17.4 Å². The van der Waals surface area contributed by atoms with E-state index in [1.807, 2.05) is 37.3 Å². The molecule has 2 saturated heterocycles. The fraction of sp³-hybridized carbons (Fsp3) is 0.429. The van der Waals surface area contributed by atoms with Crippen LogP contribution in [0.5, 0.6) is 0 Å². The average molecular weight is 436 g/mol. The molecular weight excluding hydrogens is 412 g/mol. The fourth-order valence-corrected chi connectivity index (χ4v) is 4.65. The van der Waals surface area contributed by atoms with Gasteiger partial charge in [0, 0.05) is 12.7 Å². The van der Waals surface area contributed by atoms with Gasteiger partial charge in [0.05, 0.1) is 11.5 Å². The smallest absolute Gasteiger partial charge is 0.297 e. The van der Waals surface area contributed by atoms with Gasteiger partial charge in [-0.1, -0.05) is 48.0 Å². The summed E-state index contributed by atoms with van der Waals surface area (Å²) in [6, 6.07) is 15.5. The first kappa shape index (κ1) is 21.4. The molecule has 0 aliphatic carbocycles. The summed E-state index contributed by atoms with van der Waals surface area (Å²) in [6.45, 7) is 1.98. The second-order valence-electron chi connectivity index (χ2n) is 7.27. The van der Waals surface area contributed by atoms with Crippen molar-refractivity contribution in [2.45, 2.75) is 48.8 Å². The average Bonchev–Trinajstić information content (AvgIpc) is 2.76. The summed E-state index contributed by atoms with van der Waals surface area (Å²) in [5, 5.41) is 10.7. The molecule has 1 N–H and O–H groups in total. The van der Waals surface area contributed by atoms with Crippen molar-refractivity contribution in [1.82, 2.24) is 0 Å². The first-order valence-corrected chi connectivity index (χ1v) is 11.0. The Bertz CT molecular complexity index is 947. The molecule has 2 aromatic carbocycles. The van der Waals surface area contributed by atoms with E-state index in [1.54, 1.807) is 12.1 Å². The van der Waals surface area contributed by atoms with Crippen molar-refractivity contribution in [2.75, 3.05) is 13.7 Å². The molecule has 1 unspecified atom stereocenters. The lowest BCUT2D eigenvalue weighted by Crippen LogP contribution is -2.63. The molecule has 0 radical (unpaired) electrons. The fourth-order valence-electron chi connectivity index (χ4n) is 3.55. The highest BCUT2D eigenvalue weighted by atomic mass is 32.2. The number of aliphatic hydroxyl groups excluding tert-OH is 1. The Kier molecular flexibility index (Phi) is 6.21. The lowest BCUT2D eigenvalue weighted by Gasteiger charge is -2.46. The van der Waals surface area contributed by atoms with E-state index >= 15 is 0 Å². The molecule has 6 atom stereocenters. The summed E-state index contributed by atoms with van der Waals surface area (Å²) >= 11 is 0. The number of aryl methyl sites for hydroxylation is 1. The largest absolute Gasteiger partial charge is 0.385 e. The molecular formula is C21H24O8S. The zero-order valence-electron chi connectivity index (χ0n) is 16.6. The number of benzene rings is 2. The van der Waals surface area contributed by atoms with E-state index in [0.717, 1.165) is 11.1 Å². The predicted molar refractivity (Wildman–Crippen MR) is 105 cm³/mol. The van der Waals surface area contributed by atoms with Crippen molar-refractivity contribution in [3.8, 4) is 0 Å². The normalized spacial score (nSPS) is 31.8. The van der Waals surface area contributed by atoms with Gasteiger partial charge in [0.25, 0.3) is 10.1 Å². The minimum absolute atomic E-state index is 0.0102. The molecule has 0 bridgehead atoms. The molecule has 0 aromatic heterocycles. The molecule has 2 aliphatic heterocycles. The minimum Gasteiger partial charge on any atom is -0.385 e. The summed E-state index contributed by atoms with van der Waals surface area (Å²) in [5.74, 6) is 0. The summed E-state index contributed by atoms with van der Waals surface area (Å²) in [7, 11) is -2.81. The molecule has 9 heteroatoms. The molecule has 4 rings (SSSR count). The molecule has 30 heavy (non-hydrogen) atoms. The van der Waals surface area contributed by atoms with Gasteiger partial charge in [-0.05, 0) is 19.1 Å². The Morgan fingerprint density at radius 1 is 1.03 bits per heavy atom. The minimum atomic E-state index is -4.17. The van der Waals surface area contributed by atoms with Crippen molar-refractivity contribution >= 4 is 10.1 Å². The van der Waals surface area contributed by atoms with E-state index in [-0.39, 0.29) is 11.5 Å². The molecule has 2 heterocycles. The Hall–Kier alpha value is -1.85. The first-order chi connectivity index (χ1) is 14.4. The number of methoxy groups -OCH3 is 1. The number of rotatable bonds is 5. The molecule has 2 aromatic rings. The Balaban J connectivity index is 1.61. The maximum Gasteiger partial charge on any atom is 0.297 e. The summed E-state index contributed by atoms with van der Waals surface area (Å²) < 4.78 is 53.9. The number of ether oxygens (including phenoxy) is 4. The molecule has 162 valence electrons. The number of hydrogen-bond acceptors (Lipinski definition) is 8. The highest BCUT2D eigenvalue weighted by Crippen LogP contribution is 2.36.